The number of benzene rings is 2. The molecule has 0 radical (unpaired) electrons. The quantitative estimate of drug-likeness (QED) is 0.248. The van der Waals surface area contributed by atoms with Crippen molar-refractivity contribution in [2.45, 2.75) is 45.4 Å². The molecule has 0 aromatic heterocycles. The van der Waals surface area contributed by atoms with Crippen molar-refractivity contribution in [2.75, 3.05) is 40.6 Å². The van der Waals surface area contributed by atoms with Crippen molar-refractivity contribution in [3.05, 3.63) is 57.2 Å². The molecule has 0 saturated carbocycles. The lowest BCUT2D eigenvalue weighted by atomic mass is 9.69. The topological polar surface area (TPSA) is 113 Å². The normalized spacial score (nSPS) is 20.3. The van der Waals surface area contributed by atoms with Crippen LogP contribution in [0.3, 0.4) is 0 Å². The number of ketones is 1. The highest BCUT2D eigenvalue weighted by Gasteiger charge is 2.45. The van der Waals surface area contributed by atoms with Gasteiger partial charge in [0.25, 0.3) is 0 Å². The molecule has 3 atom stereocenters. The average molecular weight is 631 g/mol. The molecule has 41 heavy (non-hydrogen) atoms. The molecule has 0 spiro atoms. The number of methoxy groups -OCH3 is 2. The minimum atomic E-state index is -0.831. The minimum Gasteiger partial charge on any atom is -0.503 e. The second-order valence-corrected chi connectivity index (χ2v) is 10.7. The lowest BCUT2D eigenvalue weighted by molar-refractivity contribution is -0.148. The van der Waals surface area contributed by atoms with Gasteiger partial charge in [0.1, 0.15) is 12.5 Å². The van der Waals surface area contributed by atoms with Crippen LogP contribution in [0.15, 0.2) is 51.1 Å². The highest BCUT2D eigenvalue weighted by Crippen LogP contribution is 2.49. The Morgan fingerprint density at radius 2 is 1.73 bits per heavy atom. The average Bonchev–Trinajstić information content (AvgIpc) is 2.96. The Kier molecular flexibility index (Phi) is 10.1. The summed E-state index contributed by atoms with van der Waals surface area (Å²) in [7, 11) is 3.16. The highest BCUT2D eigenvalue weighted by atomic mass is 79.9. The van der Waals surface area contributed by atoms with Crippen LogP contribution in [-0.2, 0) is 19.1 Å². The number of ether oxygens (including phenoxy) is 5. The van der Waals surface area contributed by atoms with Gasteiger partial charge >= 0.3 is 5.97 Å². The van der Waals surface area contributed by atoms with E-state index < -0.39 is 17.8 Å². The van der Waals surface area contributed by atoms with Gasteiger partial charge in [-0.2, -0.15) is 0 Å². The number of nitrogens with zero attached hydrogens (tertiary/aromatic N) is 1. The summed E-state index contributed by atoms with van der Waals surface area (Å²) in [6.07, 6.45) is 0.747. The Labute approximate surface area is 248 Å². The van der Waals surface area contributed by atoms with Crippen molar-refractivity contribution < 1.29 is 38.4 Å². The number of aromatic hydroxyl groups is 1. The molecule has 0 amide bonds. The summed E-state index contributed by atoms with van der Waals surface area (Å²) < 4.78 is 27.9. The van der Waals surface area contributed by atoms with Crippen molar-refractivity contribution in [3.8, 4) is 23.0 Å². The van der Waals surface area contributed by atoms with Gasteiger partial charge in [-0.15, -0.1) is 0 Å². The van der Waals surface area contributed by atoms with E-state index in [2.05, 4.69) is 15.9 Å². The van der Waals surface area contributed by atoms with E-state index >= 15 is 0 Å². The molecule has 9 nitrogen and oxygen atoms in total. The van der Waals surface area contributed by atoms with Crippen molar-refractivity contribution >= 4 is 33.4 Å². The molecular weight excluding hydrogens is 594 g/mol. The number of allylic oxidation sites excluding steroid dienone is 2. The first-order valence-corrected chi connectivity index (χ1v) is 14.5. The Hall–Kier alpha value is -3.37. The summed E-state index contributed by atoms with van der Waals surface area (Å²) in [6, 6.07) is 9.07. The molecular formula is C31H36BrNO8. The molecule has 1 heterocycles. The molecule has 2 aliphatic rings. The maximum absolute atomic E-state index is 14.0. The molecule has 2 aromatic carbocycles. The van der Waals surface area contributed by atoms with Crippen LogP contribution in [-0.4, -0.2) is 63.2 Å². The maximum atomic E-state index is 14.0. The number of rotatable bonds is 11. The second-order valence-electron chi connectivity index (χ2n) is 9.86. The van der Waals surface area contributed by atoms with Gasteiger partial charge in [-0.05, 0) is 84.4 Å². The zero-order valence-corrected chi connectivity index (χ0v) is 25.6. The summed E-state index contributed by atoms with van der Waals surface area (Å²) in [6.45, 7) is 6.68. The van der Waals surface area contributed by atoms with Crippen LogP contribution < -0.4 is 14.2 Å². The number of Topliss-reactive ketones (excluding diaryl/α,β-unsaturated/α-hetero) is 1. The molecule has 0 bridgehead atoms. The fourth-order valence-electron chi connectivity index (χ4n) is 5.54. The molecule has 1 N–H and O–H groups in total. The number of carbonyl (C=O) groups is 2. The molecule has 4 rings (SSSR count). The molecule has 1 aliphatic carbocycles. The standard InChI is InChI=1S/C31H36BrNO8/c1-6-39-10-11-41-31(36)27-17(3)33-22-13-19(18-8-9-24(37-4)25(15-18)38-5)14-23(34)29(22)28(27)20-12-21(32)30(35)26(16-20)40-7-2/h8-9,12,15-16,19,27-28,35H,6-7,10-11,13-14H2,1-5H3/t19-,27?,28+/m0/s1. The largest absolute Gasteiger partial charge is 0.503 e. The van der Waals surface area contributed by atoms with E-state index in [9.17, 15) is 14.7 Å². The van der Waals surface area contributed by atoms with E-state index in [4.69, 9.17) is 28.7 Å². The molecule has 0 fully saturated rings. The van der Waals surface area contributed by atoms with Crippen molar-refractivity contribution in [3.63, 3.8) is 0 Å². The van der Waals surface area contributed by atoms with Crippen LogP contribution in [0, 0.1) is 5.92 Å². The number of esters is 1. The number of hydrogen-bond acceptors (Lipinski definition) is 9. The molecule has 1 unspecified atom stereocenters. The van der Waals surface area contributed by atoms with Crippen LogP contribution >= 0.6 is 15.9 Å². The fraction of sp³-hybridized carbons (Fsp3) is 0.452. The lowest BCUT2D eigenvalue weighted by Crippen LogP contribution is -2.38. The number of carbonyl (C=O) groups excluding carboxylic acids is 2. The van der Waals surface area contributed by atoms with Gasteiger partial charge in [0.05, 0.1) is 31.9 Å². The van der Waals surface area contributed by atoms with E-state index in [0.717, 1.165) is 5.56 Å². The zero-order valence-electron chi connectivity index (χ0n) is 24.0. The van der Waals surface area contributed by atoms with Crippen LogP contribution in [0.4, 0.5) is 0 Å². The second kappa shape index (κ2) is 13.5. The van der Waals surface area contributed by atoms with Gasteiger partial charge in [-0.1, -0.05) is 6.07 Å². The SMILES string of the molecule is CCOCCOC(=O)C1C(C)=NC2=C(C(=O)C[C@@H](c3ccc(OC)c(OC)c3)C2)[C@@H]1c1cc(Br)c(O)c(OCC)c1. The summed E-state index contributed by atoms with van der Waals surface area (Å²) in [5.74, 6) is -0.803. The zero-order chi connectivity index (χ0) is 29.7. The van der Waals surface area contributed by atoms with E-state index in [1.54, 1.807) is 33.3 Å². The first-order chi connectivity index (χ1) is 19.7. The predicted octanol–water partition coefficient (Wildman–Crippen LogP) is 5.73. The summed E-state index contributed by atoms with van der Waals surface area (Å²) >= 11 is 3.42. The molecule has 10 heteroatoms. The van der Waals surface area contributed by atoms with E-state index in [-0.39, 0.29) is 42.8 Å². The minimum absolute atomic E-state index is 0.0506. The Morgan fingerprint density at radius 3 is 2.41 bits per heavy atom. The number of phenols is 1. The maximum Gasteiger partial charge on any atom is 0.315 e. The summed E-state index contributed by atoms with van der Waals surface area (Å²) in [5, 5.41) is 10.6. The Bertz CT molecular complexity index is 1370. The molecule has 0 saturated heterocycles. The first-order valence-electron chi connectivity index (χ1n) is 13.7. The third-order valence-corrected chi connectivity index (χ3v) is 8.01. The molecule has 220 valence electrons. The van der Waals surface area contributed by atoms with Crippen LogP contribution in [0.5, 0.6) is 23.0 Å². The highest BCUT2D eigenvalue weighted by molar-refractivity contribution is 9.10. The van der Waals surface area contributed by atoms with Crippen LogP contribution in [0.2, 0.25) is 0 Å². The van der Waals surface area contributed by atoms with E-state index in [1.807, 2.05) is 32.0 Å². The third-order valence-electron chi connectivity index (χ3n) is 7.41. The Morgan fingerprint density at radius 1 is 1.00 bits per heavy atom. The lowest BCUT2D eigenvalue weighted by Gasteiger charge is -2.36. The summed E-state index contributed by atoms with van der Waals surface area (Å²) in [5.41, 5.74) is 3.27. The van der Waals surface area contributed by atoms with Crippen LogP contribution in [0.1, 0.15) is 56.6 Å². The molecule has 1 aliphatic heterocycles. The fourth-order valence-corrected chi connectivity index (χ4v) is 6.00. The van der Waals surface area contributed by atoms with Gasteiger partial charge in [0.2, 0.25) is 0 Å². The number of hydrogen-bond donors (Lipinski definition) is 1. The predicted molar refractivity (Wildman–Crippen MR) is 157 cm³/mol. The van der Waals surface area contributed by atoms with Crippen molar-refractivity contribution in [2.24, 2.45) is 10.9 Å². The van der Waals surface area contributed by atoms with Gasteiger partial charge < -0.3 is 28.8 Å². The number of halogens is 1. The Balaban J connectivity index is 1.78. The van der Waals surface area contributed by atoms with E-state index in [1.165, 1.54) is 0 Å². The van der Waals surface area contributed by atoms with Gasteiger partial charge in [0, 0.05) is 35.9 Å². The van der Waals surface area contributed by atoms with Crippen molar-refractivity contribution in [1.29, 1.82) is 0 Å². The summed E-state index contributed by atoms with van der Waals surface area (Å²) in [4.78, 5) is 32.3. The number of aliphatic imine (C=N–C) groups is 1. The van der Waals surface area contributed by atoms with E-state index in [0.29, 0.717) is 58.2 Å². The van der Waals surface area contributed by atoms with Gasteiger partial charge in [-0.25, -0.2) is 0 Å². The smallest absolute Gasteiger partial charge is 0.315 e. The van der Waals surface area contributed by atoms with Crippen LogP contribution in [0.25, 0.3) is 0 Å². The van der Waals surface area contributed by atoms with Gasteiger partial charge in [0.15, 0.2) is 28.8 Å². The monoisotopic (exact) mass is 629 g/mol. The molecule has 2 aromatic rings. The number of phenolic OH excluding ortho intramolecular Hbond substituents is 1. The third kappa shape index (κ3) is 6.43. The van der Waals surface area contributed by atoms with Crippen molar-refractivity contribution in [1.82, 2.24) is 0 Å². The van der Waals surface area contributed by atoms with Gasteiger partial charge in [-0.3, -0.25) is 14.6 Å². The first kappa shape index (κ1) is 30.6.